The van der Waals surface area contributed by atoms with Crippen LogP contribution in [0.25, 0.3) is 0 Å². The summed E-state index contributed by atoms with van der Waals surface area (Å²) in [5.41, 5.74) is 4.29. The van der Waals surface area contributed by atoms with Crippen molar-refractivity contribution < 1.29 is 9.84 Å². The Morgan fingerprint density at radius 2 is 1.54 bits per heavy atom. The van der Waals surface area contributed by atoms with Gasteiger partial charge in [-0.2, -0.15) is 0 Å². The van der Waals surface area contributed by atoms with E-state index in [0.717, 1.165) is 24.5 Å². The number of ether oxygens (including phenoxy) is 1. The van der Waals surface area contributed by atoms with Crippen LogP contribution in [0.1, 0.15) is 94.2 Å². The highest BCUT2D eigenvalue weighted by Crippen LogP contribution is 2.37. The van der Waals surface area contributed by atoms with Crippen molar-refractivity contribution in [1.29, 1.82) is 0 Å². The molecule has 0 aromatic heterocycles. The van der Waals surface area contributed by atoms with Crippen molar-refractivity contribution in [1.82, 2.24) is 0 Å². The fourth-order valence-corrected chi connectivity index (χ4v) is 3.89. The predicted octanol–water partition coefficient (Wildman–Crippen LogP) is 5.79. The molecule has 136 valence electrons. The molecular formula is C22H36O2. The van der Waals surface area contributed by atoms with Gasteiger partial charge < -0.3 is 9.84 Å². The van der Waals surface area contributed by atoms with Crippen LogP contribution < -0.4 is 4.74 Å². The van der Waals surface area contributed by atoms with Crippen LogP contribution in [-0.2, 0) is 12.8 Å². The van der Waals surface area contributed by atoms with E-state index in [0.29, 0.717) is 6.61 Å². The third kappa shape index (κ3) is 5.51. The molecule has 1 aromatic rings. The molecule has 2 heteroatoms. The first-order valence-electron chi connectivity index (χ1n) is 10.2. The van der Waals surface area contributed by atoms with Gasteiger partial charge in [-0.25, -0.2) is 0 Å². The van der Waals surface area contributed by atoms with Gasteiger partial charge in [-0.15, -0.1) is 0 Å². The van der Waals surface area contributed by atoms with Crippen molar-refractivity contribution in [2.24, 2.45) is 0 Å². The van der Waals surface area contributed by atoms with Gasteiger partial charge in [-0.05, 0) is 61.1 Å². The molecule has 24 heavy (non-hydrogen) atoms. The summed E-state index contributed by atoms with van der Waals surface area (Å²) in [4.78, 5) is 0. The zero-order chi connectivity index (χ0) is 17.2. The van der Waals surface area contributed by atoms with Crippen LogP contribution in [0.5, 0.6) is 5.75 Å². The van der Waals surface area contributed by atoms with Gasteiger partial charge in [0.2, 0.25) is 0 Å². The third-order valence-electron chi connectivity index (χ3n) is 5.28. The van der Waals surface area contributed by atoms with Crippen LogP contribution in [-0.4, -0.2) is 18.3 Å². The molecule has 2 nitrogen and oxygen atoms in total. The summed E-state index contributed by atoms with van der Waals surface area (Å²) in [6, 6.07) is 4.85. The SMILES string of the molecule is CCCCc1cc(C2CCCCC2)cc(CCCC)c1OCCO. The minimum Gasteiger partial charge on any atom is -0.491 e. The summed E-state index contributed by atoms with van der Waals surface area (Å²) >= 11 is 0. The summed E-state index contributed by atoms with van der Waals surface area (Å²) in [6.07, 6.45) is 13.9. The Balaban J connectivity index is 2.33. The fourth-order valence-electron chi connectivity index (χ4n) is 3.89. The lowest BCUT2D eigenvalue weighted by atomic mass is 9.82. The Labute approximate surface area is 148 Å². The summed E-state index contributed by atoms with van der Waals surface area (Å²) in [7, 11) is 0. The maximum atomic E-state index is 9.19. The number of aliphatic hydroxyl groups excluding tert-OH is 1. The molecule has 0 saturated heterocycles. The Morgan fingerprint density at radius 1 is 0.958 bits per heavy atom. The predicted molar refractivity (Wildman–Crippen MR) is 102 cm³/mol. The van der Waals surface area contributed by atoms with Crippen molar-refractivity contribution in [2.45, 2.75) is 90.4 Å². The van der Waals surface area contributed by atoms with Gasteiger partial charge in [-0.1, -0.05) is 58.1 Å². The minimum absolute atomic E-state index is 0.0881. The molecule has 0 bridgehead atoms. The van der Waals surface area contributed by atoms with E-state index in [9.17, 15) is 5.11 Å². The topological polar surface area (TPSA) is 29.5 Å². The molecule has 1 aliphatic rings. The maximum Gasteiger partial charge on any atom is 0.125 e. The molecule has 1 saturated carbocycles. The first-order chi connectivity index (χ1) is 11.8. The summed E-state index contributed by atoms with van der Waals surface area (Å²) in [5.74, 6) is 1.82. The number of benzene rings is 1. The van der Waals surface area contributed by atoms with Crippen molar-refractivity contribution in [3.8, 4) is 5.75 Å². The molecule has 0 atom stereocenters. The van der Waals surface area contributed by atoms with E-state index in [1.165, 1.54) is 68.9 Å². The molecule has 1 aromatic carbocycles. The van der Waals surface area contributed by atoms with Crippen molar-refractivity contribution in [3.05, 3.63) is 28.8 Å². The van der Waals surface area contributed by atoms with E-state index in [-0.39, 0.29) is 6.61 Å². The molecule has 1 N–H and O–H groups in total. The van der Waals surface area contributed by atoms with Crippen LogP contribution in [0.4, 0.5) is 0 Å². The highest BCUT2D eigenvalue weighted by Gasteiger charge is 2.19. The molecule has 0 amide bonds. The number of rotatable bonds is 10. The molecule has 0 aliphatic heterocycles. The van der Waals surface area contributed by atoms with Gasteiger partial charge in [-0.3, -0.25) is 0 Å². The smallest absolute Gasteiger partial charge is 0.125 e. The highest BCUT2D eigenvalue weighted by molar-refractivity contribution is 5.46. The monoisotopic (exact) mass is 332 g/mol. The van der Waals surface area contributed by atoms with Crippen LogP contribution in [0.2, 0.25) is 0 Å². The molecule has 0 unspecified atom stereocenters. The Kier molecular flexibility index (Phi) is 8.66. The van der Waals surface area contributed by atoms with Crippen molar-refractivity contribution >= 4 is 0 Å². The van der Waals surface area contributed by atoms with Gasteiger partial charge in [0.25, 0.3) is 0 Å². The molecule has 2 rings (SSSR count). The van der Waals surface area contributed by atoms with Crippen LogP contribution in [0, 0.1) is 0 Å². The van der Waals surface area contributed by atoms with Crippen LogP contribution >= 0.6 is 0 Å². The van der Waals surface area contributed by atoms with Gasteiger partial charge in [0.1, 0.15) is 12.4 Å². The largest absolute Gasteiger partial charge is 0.491 e. The minimum atomic E-state index is 0.0881. The van der Waals surface area contributed by atoms with Gasteiger partial charge in [0.15, 0.2) is 0 Å². The van der Waals surface area contributed by atoms with Gasteiger partial charge in [0, 0.05) is 0 Å². The molecule has 0 spiro atoms. The normalized spacial score (nSPS) is 15.6. The van der Waals surface area contributed by atoms with E-state index in [2.05, 4.69) is 26.0 Å². The Bertz CT molecular complexity index is 446. The first kappa shape index (κ1) is 19.3. The average Bonchev–Trinajstić information content (AvgIpc) is 2.63. The lowest BCUT2D eigenvalue weighted by molar-refractivity contribution is 0.199. The van der Waals surface area contributed by atoms with E-state index in [1.54, 1.807) is 5.56 Å². The maximum absolute atomic E-state index is 9.19. The van der Waals surface area contributed by atoms with Gasteiger partial charge >= 0.3 is 0 Å². The van der Waals surface area contributed by atoms with E-state index in [4.69, 9.17) is 4.74 Å². The van der Waals surface area contributed by atoms with Crippen LogP contribution in [0.3, 0.4) is 0 Å². The molecule has 1 fully saturated rings. The zero-order valence-electron chi connectivity index (χ0n) is 15.8. The van der Waals surface area contributed by atoms with E-state index < -0.39 is 0 Å². The van der Waals surface area contributed by atoms with E-state index >= 15 is 0 Å². The Morgan fingerprint density at radius 3 is 2.04 bits per heavy atom. The number of unbranched alkanes of at least 4 members (excludes halogenated alkanes) is 2. The fraction of sp³-hybridized carbons (Fsp3) is 0.727. The lowest BCUT2D eigenvalue weighted by Gasteiger charge is -2.25. The quantitative estimate of drug-likeness (QED) is 0.587. The van der Waals surface area contributed by atoms with Crippen molar-refractivity contribution in [2.75, 3.05) is 13.2 Å². The molecular weight excluding hydrogens is 296 g/mol. The zero-order valence-corrected chi connectivity index (χ0v) is 15.8. The second-order valence-corrected chi connectivity index (χ2v) is 7.28. The first-order valence-corrected chi connectivity index (χ1v) is 10.2. The highest BCUT2D eigenvalue weighted by atomic mass is 16.5. The van der Waals surface area contributed by atoms with Gasteiger partial charge in [0.05, 0.1) is 6.61 Å². The lowest BCUT2D eigenvalue weighted by Crippen LogP contribution is -2.10. The second-order valence-electron chi connectivity index (χ2n) is 7.28. The molecule has 1 aliphatic carbocycles. The molecule has 0 radical (unpaired) electrons. The summed E-state index contributed by atoms with van der Waals surface area (Å²) < 4.78 is 6.00. The summed E-state index contributed by atoms with van der Waals surface area (Å²) in [6.45, 7) is 4.99. The average molecular weight is 333 g/mol. The number of aliphatic hydroxyl groups is 1. The number of aryl methyl sites for hydroxylation is 2. The standard InChI is InChI=1S/C22H36O2/c1-3-5-10-19-16-21(18-12-8-7-9-13-18)17-20(11-6-4-2)22(19)24-15-14-23/h16-18,23H,3-15H2,1-2H3. The third-order valence-corrected chi connectivity index (χ3v) is 5.28. The second kappa shape index (κ2) is 10.8. The Hall–Kier alpha value is -1.02. The van der Waals surface area contributed by atoms with Crippen molar-refractivity contribution in [3.63, 3.8) is 0 Å². The van der Waals surface area contributed by atoms with E-state index in [1.807, 2.05) is 0 Å². The molecule has 0 heterocycles. The summed E-state index contributed by atoms with van der Waals surface area (Å²) in [5, 5.41) is 9.19. The number of hydrogen-bond donors (Lipinski definition) is 1. The van der Waals surface area contributed by atoms with Crippen LogP contribution in [0.15, 0.2) is 12.1 Å². The number of hydrogen-bond acceptors (Lipinski definition) is 2.